The van der Waals surface area contributed by atoms with Gasteiger partial charge in [-0.05, 0) is 37.8 Å². The zero-order valence-corrected chi connectivity index (χ0v) is 14.3. The van der Waals surface area contributed by atoms with Crippen molar-refractivity contribution in [1.82, 2.24) is 0 Å². The zero-order chi connectivity index (χ0) is 16.3. The normalized spacial score (nSPS) is 30.3. The molecular weight excluding hydrogens is 290 g/mol. The Bertz CT molecular complexity index is 555. The van der Waals surface area contributed by atoms with Gasteiger partial charge in [0.15, 0.2) is 0 Å². The van der Waals surface area contributed by atoms with E-state index in [1.54, 1.807) is 19.2 Å². The van der Waals surface area contributed by atoms with Crippen LogP contribution in [-0.4, -0.2) is 50.3 Å². The maximum atomic E-state index is 12.4. The van der Waals surface area contributed by atoms with Gasteiger partial charge in [0.2, 0.25) is 0 Å². The first kappa shape index (κ1) is 16.3. The molecule has 0 spiro atoms. The Hall–Kier alpha value is -1.55. The van der Waals surface area contributed by atoms with Gasteiger partial charge in [0, 0.05) is 12.3 Å². The number of carbonyl (C=O) groups excluding carboxylic acids is 1. The van der Waals surface area contributed by atoms with E-state index in [1.165, 1.54) is 49.7 Å². The Morgan fingerprint density at radius 1 is 1.17 bits per heavy atom. The second-order valence-corrected chi connectivity index (χ2v) is 7.19. The van der Waals surface area contributed by atoms with Crippen LogP contribution in [0.25, 0.3) is 0 Å². The van der Waals surface area contributed by atoms with Crippen molar-refractivity contribution in [3.05, 3.63) is 29.8 Å². The van der Waals surface area contributed by atoms with Gasteiger partial charge in [-0.1, -0.05) is 12.1 Å². The third-order valence-corrected chi connectivity index (χ3v) is 5.76. The number of quaternary nitrogens is 1. The number of nitrogens with zero attached hydrogens (tertiary/aromatic N) is 1. The van der Waals surface area contributed by atoms with Crippen LogP contribution in [-0.2, 0) is 4.74 Å². The van der Waals surface area contributed by atoms with E-state index >= 15 is 0 Å². The predicted octanol–water partition coefficient (Wildman–Crippen LogP) is 3.26. The highest BCUT2D eigenvalue weighted by Crippen LogP contribution is 2.36. The number of para-hydroxylation sites is 1. The summed E-state index contributed by atoms with van der Waals surface area (Å²) in [5.74, 6) is 0.810. The monoisotopic (exact) mass is 318 g/mol. The van der Waals surface area contributed by atoms with E-state index in [9.17, 15) is 4.79 Å². The molecular formula is C19H28NO3+. The largest absolute Gasteiger partial charge is 0.496 e. The van der Waals surface area contributed by atoms with E-state index in [0.29, 0.717) is 29.9 Å². The molecule has 2 saturated heterocycles. The number of fused-ring (bicyclic) bond motifs is 1. The van der Waals surface area contributed by atoms with Gasteiger partial charge >= 0.3 is 5.97 Å². The summed E-state index contributed by atoms with van der Waals surface area (Å²) in [6.07, 6.45) is 6.34. The van der Waals surface area contributed by atoms with E-state index in [4.69, 9.17) is 9.47 Å². The van der Waals surface area contributed by atoms with Crippen LogP contribution in [0.15, 0.2) is 24.3 Å². The molecule has 0 amide bonds. The number of benzene rings is 1. The van der Waals surface area contributed by atoms with Crippen LogP contribution in [0.2, 0.25) is 0 Å². The van der Waals surface area contributed by atoms with E-state index in [2.05, 4.69) is 7.05 Å². The molecule has 23 heavy (non-hydrogen) atoms. The number of piperidine rings is 2. The van der Waals surface area contributed by atoms with Crippen molar-refractivity contribution in [3.8, 4) is 5.75 Å². The molecule has 0 unspecified atom stereocenters. The van der Waals surface area contributed by atoms with Gasteiger partial charge in [-0.2, -0.15) is 0 Å². The summed E-state index contributed by atoms with van der Waals surface area (Å²) in [6.45, 7) is 3.10. The number of hydrogen-bond acceptors (Lipinski definition) is 3. The van der Waals surface area contributed by atoms with Crippen LogP contribution in [0.4, 0.5) is 0 Å². The van der Waals surface area contributed by atoms with Gasteiger partial charge in [-0.3, -0.25) is 0 Å². The Morgan fingerprint density at radius 2 is 1.96 bits per heavy atom. The lowest BCUT2D eigenvalue weighted by molar-refractivity contribution is -0.947. The van der Waals surface area contributed by atoms with Gasteiger partial charge in [0.25, 0.3) is 0 Å². The smallest absolute Gasteiger partial charge is 0.341 e. The van der Waals surface area contributed by atoms with Crippen LogP contribution in [0.3, 0.4) is 0 Å². The van der Waals surface area contributed by atoms with Crippen molar-refractivity contribution in [2.75, 3.05) is 33.9 Å². The number of ether oxygens (including phenoxy) is 2. The number of rotatable bonds is 4. The minimum atomic E-state index is -0.266. The second-order valence-electron chi connectivity index (χ2n) is 7.19. The molecule has 0 bridgehead atoms. The highest BCUT2D eigenvalue weighted by atomic mass is 16.5. The van der Waals surface area contributed by atoms with Gasteiger partial charge < -0.3 is 14.0 Å². The molecule has 0 radical (unpaired) electrons. The maximum Gasteiger partial charge on any atom is 0.341 e. The lowest BCUT2D eigenvalue weighted by Crippen LogP contribution is -2.61. The van der Waals surface area contributed by atoms with Crippen LogP contribution in [0.5, 0.6) is 5.75 Å². The number of esters is 1. The van der Waals surface area contributed by atoms with E-state index in [-0.39, 0.29) is 5.97 Å². The molecule has 126 valence electrons. The standard InChI is InChI=1S/C19H28NO3/c1-20-12-6-5-10-17(20)15(8-7-13-20)14-23-19(21)16-9-3-4-11-18(16)22-2/h3-4,9,11,15,17H,5-8,10,12-14H2,1-2H3/q+1/t15-,17+,20-/m0/s1. The molecule has 1 aromatic carbocycles. The summed E-state index contributed by atoms with van der Waals surface area (Å²) in [5.41, 5.74) is 0.520. The van der Waals surface area contributed by atoms with Crippen molar-refractivity contribution in [3.63, 3.8) is 0 Å². The molecule has 1 aromatic rings. The maximum absolute atomic E-state index is 12.4. The lowest BCUT2D eigenvalue weighted by Gasteiger charge is -2.51. The average molecular weight is 318 g/mol. The van der Waals surface area contributed by atoms with Crippen LogP contribution >= 0.6 is 0 Å². The van der Waals surface area contributed by atoms with Crippen LogP contribution in [0.1, 0.15) is 42.5 Å². The summed E-state index contributed by atoms with van der Waals surface area (Å²) in [4.78, 5) is 12.4. The van der Waals surface area contributed by atoms with Gasteiger partial charge in [-0.25, -0.2) is 4.79 Å². The summed E-state index contributed by atoms with van der Waals surface area (Å²) in [7, 11) is 3.97. The minimum absolute atomic E-state index is 0.266. The van der Waals surface area contributed by atoms with Crippen LogP contribution < -0.4 is 4.74 Å². The first-order valence-electron chi connectivity index (χ1n) is 8.78. The van der Waals surface area contributed by atoms with E-state index in [0.717, 1.165) is 0 Å². The molecule has 0 aliphatic carbocycles. The molecule has 4 heteroatoms. The van der Waals surface area contributed by atoms with Crippen molar-refractivity contribution in [2.24, 2.45) is 5.92 Å². The van der Waals surface area contributed by atoms with Crippen molar-refractivity contribution < 1.29 is 18.8 Å². The fourth-order valence-corrected chi connectivity index (χ4v) is 4.50. The van der Waals surface area contributed by atoms with Crippen LogP contribution in [0, 0.1) is 5.92 Å². The van der Waals surface area contributed by atoms with Crippen molar-refractivity contribution in [2.45, 2.75) is 38.1 Å². The van der Waals surface area contributed by atoms with Crippen molar-refractivity contribution in [1.29, 1.82) is 0 Å². The lowest BCUT2D eigenvalue weighted by atomic mass is 9.82. The molecule has 0 saturated carbocycles. The average Bonchev–Trinajstić information content (AvgIpc) is 2.58. The molecule has 2 aliphatic heterocycles. The van der Waals surface area contributed by atoms with Gasteiger partial charge in [0.05, 0.1) is 33.3 Å². The minimum Gasteiger partial charge on any atom is -0.496 e. The predicted molar refractivity (Wildman–Crippen MR) is 89.6 cm³/mol. The molecule has 2 fully saturated rings. The third-order valence-electron chi connectivity index (χ3n) is 5.76. The summed E-state index contributed by atoms with van der Waals surface area (Å²) in [5, 5.41) is 0. The number of carbonyl (C=O) groups is 1. The highest BCUT2D eigenvalue weighted by Gasteiger charge is 2.43. The highest BCUT2D eigenvalue weighted by molar-refractivity contribution is 5.92. The SMILES string of the molecule is COc1ccccc1C(=O)OC[C@@H]1CCC[N@+]2(C)CCCC[C@H]12. The van der Waals surface area contributed by atoms with E-state index in [1.807, 2.05) is 12.1 Å². The summed E-state index contributed by atoms with van der Waals surface area (Å²) in [6, 6.07) is 7.92. The first-order valence-corrected chi connectivity index (χ1v) is 8.78. The molecule has 3 rings (SSSR count). The summed E-state index contributed by atoms with van der Waals surface area (Å²) < 4.78 is 12.1. The van der Waals surface area contributed by atoms with Gasteiger partial charge in [0.1, 0.15) is 17.9 Å². The fraction of sp³-hybridized carbons (Fsp3) is 0.632. The van der Waals surface area contributed by atoms with Crippen molar-refractivity contribution >= 4 is 5.97 Å². The second kappa shape index (κ2) is 6.91. The molecule has 0 aromatic heterocycles. The zero-order valence-electron chi connectivity index (χ0n) is 14.3. The Balaban J connectivity index is 1.64. The molecule has 4 nitrogen and oxygen atoms in total. The Labute approximate surface area is 139 Å². The molecule has 0 N–H and O–H groups in total. The topological polar surface area (TPSA) is 35.5 Å². The van der Waals surface area contributed by atoms with Gasteiger partial charge in [-0.15, -0.1) is 0 Å². The number of hydrogen-bond donors (Lipinski definition) is 0. The Morgan fingerprint density at radius 3 is 2.78 bits per heavy atom. The number of methoxy groups -OCH3 is 1. The van der Waals surface area contributed by atoms with E-state index < -0.39 is 0 Å². The molecule has 2 aliphatic rings. The molecule has 2 heterocycles. The quantitative estimate of drug-likeness (QED) is 0.631. The third kappa shape index (κ3) is 3.37. The Kier molecular flexibility index (Phi) is 4.90. The first-order chi connectivity index (χ1) is 11.1. The summed E-state index contributed by atoms with van der Waals surface area (Å²) >= 11 is 0. The molecule has 3 atom stereocenters. The fourth-order valence-electron chi connectivity index (χ4n) is 4.50.